The Morgan fingerprint density at radius 2 is 1.77 bits per heavy atom. The topological polar surface area (TPSA) is 71.1 Å². The summed E-state index contributed by atoms with van der Waals surface area (Å²) in [5.41, 5.74) is 0.241. The van der Waals surface area contributed by atoms with Gasteiger partial charge in [0.15, 0.2) is 11.2 Å². The number of ether oxygens (including phenoxy) is 1. The van der Waals surface area contributed by atoms with Crippen molar-refractivity contribution < 1.29 is 9.13 Å². The fourth-order valence-electron chi connectivity index (χ4n) is 3.67. The van der Waals surface area contributed by atoms with E-state index in [0.717, 1.165) is 18.6 Å². The number of para-hydroxylation sites is 1. The molecule has 0 spiro atoms. The molecule has 158 valence electrons. The fraction of sp³-hybridized carbons (Fsp3) is 0.261. The van der Waals surface area contributed by atoms with E-state index >= 15 is 0 Å². The van der Waals surface area contributed by atoms with Gasteiger partial charge in [-0.1, -0.05) is 18.2 Å². The highest BCUT2D eigenvalue weighted by atomic mass is 19.1. The largest absolute Gasteiger partial charge is 0.492 e. The first kappa shape index (κ1) is 19.3. The second kappa shape index (κ2) is 7.86. The van der Waals surface area contributed by atoms with Gasteiger partial charge in [0.2, 0.25) is 0 Å². The van der Waals surface area contributed by atoms with Crippen molar-refractivity contribution in [1.29, 1.82) is 0 Å². The SMILES string of the molecule is O=c1c2c(ncn2CCOc2ccccc2)n(-c2ccc(F)cc2)c(=O)n1CC1CC1. The molecule has 1 saturated carbocycles. The second-order valence-corrected chi connectivity index (χ2v) is 7.73. The van der Waals surface area contributed by atoms with Crippen LogP contribution in [0.25, 0.3) is 16.9 Å². The highest BCUT2D eigenvalue weighted by Gasteiger charge is 2.26. The van der Waals surface area contributed by atoms with Gasteiger partial charge in [-0.05, 0) is 55.2 Å². The van der Waals surface area contributed by atoms with Crippen LogP contribution in [0.15, 0.2) is 70.5 Å². The van der Waals surface area contributed by atoms with Crippen LogP contribution >= 0.6 is 0 Å². The number of hydrogen-bond donors (Lipinski definition) is 0. The number of nitrogens with zero attached hydrogens (tertiary/aromatic N) is 4. The molecule has 2 heterocycles. The van der Waals surface area contributed by atoms with Crippen LogP contribution < -0.4 is 16.0 Å². The van der Waals surface area contributed by atoms with Crippen molar-refractivity contribution in [3.8, 4) is 11.4 Å². The predicted molar refractivity (Wildman–Crippen MR) is 114 cm³/mol. The lowest BCUT2D eigenvalue weighted by molar-refractivity contribution is 0.300. The number of hydrogen-bond acceptors (Lipinski definition) is 4. The Labute approximate surface area is 177 Å². The molecule has 0 N–H and O–H groups in total. The van der Waals surface area contributed by atoms with Crippen molar-refractivity contribution in [1.82, 2.24) is 18.7 Å². The Kier molecular flexibility index (Phi) is 4.89. The third kappa shape index (κ3) is 3.76. The summed E-state index contributed by atoms with van der Waals surface area (Å²) in [4.78, 5) is 30.8. The Balaban J connectivity index is 1.58. The van der Waals surface area contributed by atoms with Gasteiger partial charge in [0, 0.05) is 6.54 Å². The molecule has 2 aromatic carbocycles. The standard InChI is InChI=1S/C23H21FN4O3/c24-17-8-10-18(11-9-17)28-21-20(22(29)27(23(28)30)14-16-6-7-16)26(15-25-21)12-13-31-19-4-2-1-3-5-19/h1-5,8-11,15-16H,6-7,12-14H2. The molecule has 7 nitrogen and oxygen atoms in total. The van der Waals surface area contributed by atoms with Crippen molar-refractivity contribution in [2.75, 3.05) is 6.61 Å². The Bertz CT molecular complexity index is 1340. The zero-order chi connectivity index (χ0) is 21.4. The van der Waals surface area contributed by atoms with Gasteiger partial charge in [-0.25, -0.2) is 18.7 Å². The molecule has 0 bridgehead atoms. The van der Waals surface area contributed by atoms with Crippen LogP contribution in [0.1, 0.15) is 12.8 Å². The molecule has 0 saturated heterocycles. The molecule has 1 aliphatic carbocycles. The fourth-order valence-corrected chi connectivity index (χ4v) is 3.67. The van der Waals surface area contributed by atoms with Crippen LogP contribution in [0.2, 0.25) is 0 Å². The summed E-state index contributed by atoms with van der Waals surface area (Å²) in [6.07, 6.45) is 3.55. The summed E-state index contributed by atoms with van der Waals surface area (Å²) in [7, 11) is 0. The minimum absolute atomic E-state index is 0.258. The average molecular weight is 420 g/mol. The molecule has 0 atom stereocenters. The van der Waals surface area contributed by atoms with Gasteiger partial charge in [-0.15, -0.1) is 0 Å². The van der Waals surface area contributed by atoms with Crippen LogP contribution in [-0.2, 0) is 13.1 Å². The highest BCUT2D eigenvalue weighted by Crippen LogP contribution is 2.29. The molecule has 4 aromatic rings. The van der Waals surface area contributed by atoms with Crippen molar-refractivity contribution in [2.45, 2.75) is 25.9 Å². The van der Waals surface area contributed by atoms with Crippen LogP contribution in [0, 0.1) is 11.7 Å². The van der Waals surface area contributed by atoms with Crippen LogP contribution in [0.5, 0.6) is 5.75 Å². The van der Waals surface area contributed by atoms with Crippen molar-refractivity contribution in [3.05, 3.63) is 87.6 Å². The molecular formula is C23H21FN4O3. The summed E-state index contributed by atoms with van der Waals surface area (Å²) < 4.78 is 23.6. The first-order valence-electron chi connectivity index (χ1n) is 10.3. The Morgan fingerprint density at radius 3 is 2.48 bits per heavy atom. The number of benzene rings is 2. The smallest absolute Gasteiger partial charge is 0.337 e. The van der Waals surface area contributed by atoms with Crippen molar-refractivity contribution in [2.24, 2.45) is 5.92 Å². The lowest BCUT2D eigenvalue weighted by Gasteiger charge is -2.13. The summed E-state index contributed by atoms with van der Waals surface area (Å²) in [6, 6.07) is 15.0. The third-order valence-corrected chi connectivity index (χ3v) is 5.47. The summed E-state index contributed by atoms with van der Waals surface area (Å²) >= 11 is 0. The van der Waals surface area contributed by atoms with Gasteiger partial charge < -0.3 is 9.30 Å². The van der Waals surface area contributed by atoms with E-state index in [1.54, 1.807) is 10.9 Å². The molecule has 8 heteroatoms. The Morgan fingerprint density at radius 1 is 1.03 bits per heavy atom. The molecule has 0 aliphatic heterocycles. The summed E-state index contributed by atoms with van der Waals surface area (Å²) in [6.45, 7) is 1.11. The number of imidazole rings is 1. The Hall–Kier alpha value is -3.68. The van der Waals surface area contributed by atoms with Gasteiger partial charge in [0.25, 0.3) is 5.56 Å². The highest BCUT2D eigenvalue weighted by molar-refractivity contribution is 5.72. The minimum atomic E-state index is -0.457. The molecule has 0 unspecified atom stereocenters. The summed E-state index contributed by atoms with van der Waals surface area (Å²) in [5.74, 6) is 0.673. The monoisotopic (exact) mass is 420 g/mol. The van der Waals surface area contributed by atoms with E-state index in [4.69, 9.17) is 4.74 Å². The maximum Gasteiger partial charge on any atom is 0.337 e. The van der Waals surface area contributed by atoms with Crippen LogP contribution in [-0.4, -0.2) is 25.3 Å². The summed E-state index contributed by atoms with van der Waals surface area (Å²) in [5, 5.41) is 0. The quantitative estimate of drug-likeness (QED) is 0.461. The van der Waals surface area contributed by atoms with Gasteiger partial charge >= 0.3 is 5.69 Å². The molecule has 5 rings (SSSR count). The minimum Gasteiger partial charge on any atom is -0.492 e. The predicted octanol–water partition coefficient (Wildman–Crippen LogP) is 2.98. The van der Waals surface area contributed by atoms with E-state index in [1.165, 1.54) is 33.4 Å². The molecule has 1 aliphatic rings. The zero-order valence-electron chi connectivity index (χ0n) is 16.8. The van der Waals surface area contributed by atoms with Gasteiger partial charge in [0.1, 0.15) is 18.2 Å². The van der Waals surface area contributed by atoms with E-state index in [-0.39, 0.29) is 11.2 Å². The average Bonchev–Trinajstić information content (AvgIpc) is 3.51. The normalized spacial score (nSPS) is 13.6. The second-order valence-electron chi connectivity index (χ2n) is 7.73. The molecule has 0 amide bonds. The number of rotatable bonds is 7. The van der Waals surface area contributed by atoms with Crippen LogP contribution in [0.4, 0.5) is 4.39 Å². The molecule has 1 fully saturated rings. The first-order chi connectivity index (χ1) is 15.1. The number of halogens is 1. The van der Waals surface area contributed by atoms with Gasteiger partial charge in [-0.2, -0.15) is 0 Å². The van der Waals surface area contributed by atoms with E-state index in [0.29, 0.717) is 36.8 Å². The number of fused-ring (bicyclic) bond motifs is 1. The first-order valence-corrected chi connectivity index (χ1v) is 10.3. The maximum absolute atomic E-state index is 13.4. The molecule has 31 heavy (non-hydrogen) atoms. The van der Waals surface area contributed by atoms with Gasteiger partial charge in [-0.3, -0.25) is 9.36 Å². The van der Waals surface area contributed by atoms with Gasteiger partial charge in [0.05, 0.1) is 18.6 Å². The van der Waals surface area contributed by atoms with Crippen molar-refractivity contribution >= 4 is 11.2 Å². The van der Waals surface area contributed by atoms with E-state index in [2.05, 4.69) is 4.98 Å². The van der Waals surface area contributed by atoms with Crippen LogP contribution in [0.3, 0.4) is 0 Å². The maximum atomic E-state index is 13.4. The van der Waals surface area contributed by atoms with E-state index in [1.807, 2.05) is 30.3 Å². The molecular weight excluding hydrogens is 399 g/mol. The molecule has 0 radical (unpaired) electrons. The number of aromatic nitrogens is 4. The lowest BCUT2D eigenvalue weighted by Crippen LogP contribution is -2.40. The molecule has 2 aromatic heterocycles. The van der Waals surface area contributed by atoms with Crippen molar-refractivity contribution in [3.63, 3.8) is 0 Å². The van der Waals surface area contributed by atoms with E-state index < -0.39 is 11.5 Å². The lowest BCUT2D eigenvalue weighted by atomic mass is 10.3. The van der Waals surface area contributed by atoms with E-state index in [9.17, 15) is 14.0 Å². The zero-order valence-corrected chi connectivity index (χ0v) is 16.8. The third-order valence-electron chi connectivity index (χ3n) is 5.47.